The number of pyridine rings is 1. The van der Waals surface area contributed by atoms with E-state index in [2.05, 4.69) is 35.6 Å². The molecule has 0 radical (unpaired) electrons. The molecule has 1 fully saturated rings. The molecule has 190 valence electrons. The number of rotatable bonds is 5. The van der Waals surface area contributed by atoms with E-state index in [0.717, 1.165) is 5.56 Å². The Morgan fingerprint density at radius 1 is 1.08 bits per heavy atom. The fourth-order valence-corrected chi connectivity index (χ4v) is 4.51. The van der Waals surface area contributed by atoms with Gasteiger partial charge in [-0.05, 0) is 42.3 Å². The average Bonchev–Trinajstić information content (AvgIpc) is 3.62. The lowest BCUT2D eigenvalue weighted by Gasteiger charge is -2.23. The van der Waals surface area contributed by atoms with Crippen molar-refractivity contribution in [1.82, 2.24) is 30.0 Å². The molecule has 0 spiro atoms. The number of nitrogens with zero attached hydrogens (tertiary/aromatic N) is 5. The average molecular weight is 511 g/mol. The summed E-state index contributed by atoms with van der Waals surface area (Å²) in [4.78, 5) is 39.0. The van der Waals surface area contributed by atoms with Crippen molar-refractivity contribution in [3.05, 3.63) is 90.4 Å². The van der Waals surface area contributed by atoms with Crippen molar-refractivity contribution >= 4 is 34.4 Å². The maximum Gasteiger partial charge on any atom is 0.346 e. The van der Waals surface area contributed by atoms with Crippen LogP contribution < -0.4 is 10.6 Å². The van der Waals surface area contributed by atoms with Gasteiger partial charge in [0.25, 0.3) is 0 Å². The van der Waals surface area contributed by atoms with Gasteiger partial charge in [0.05, 0.1) is 24.7 Å². The van der Waals surface area contributed by atoms with Gasteiger partial charge in [-0.2, -0.15) is 5.06 Å². The van der Waals surface area contributed by atoms with Crippen LogP contribution in [0.4, 0.5) is 26.4 Å². The maximum atomic E-state index is 15.0. The van der Waals surface area contributed by atoms with Gasteiger partial charge in [-0.3, -0.25) is 4.84 Å². The molecule has 0 aliphatic carbocycles. The summed E-state index contributed by atoms with van der Waals surface area (Å²) in [7, 11) is 0. The third kappa shape index (κ3) is 4.39. The molecule has 1 aliphatic rings. The molecule has 2 amide bonds. The number of amides is 2. The van der Waals surface area contributed by atoms with Gasteiger partial charge in [0.15, 0.2) is 5.65 Å². The molecule has 38 heavy (non-hydrogen) atoms. The van der Waals surface area contributed by atoms with Crippen LogP contribution in [-0.2, 0) is 4.84 Å². The molecule has 0 saturated carbocycles. The van der Waals surface area contributed by atoms with E-state index in [1.807, 2.05) is 36.4 Å². The molecule has 1 atom stereocenters. The van der Waals surface area contributed by atoms with Crippen LogP contribution in [0.2, 0.25) is 0 Å². The first-order chi connectivity index (χ1) is 18.6. The second-order valence-corrected chi connectivity index (χ2v) is 8.80. The number of halogens is 1. The Bertz CT molecular complexity index is 1620. The highest BCUT2D eigenvalue weighted by molar-refractivity contribution is 5.92. The van der Waals surface area contributed by atoms with Gasteiger partial charge >= 0.3 is 6.03 Å². The number of fused-ring (bicyclic) bond motifs is 1. The summed E-state index contributed by atoms with van der Waals surface area (Å²) in [5, 5.41) is 7.20. The summed E-state index contributed by atoms with van der Waals surface area (Å²) in [6.07, 6.45) is 5.29. The van der Waals surface area contributed by atoms with Crippen LogP contribution >= 0.6 is 0 Å². The van der Waals surface area contributed by atoms with E-state index in [0.29, 0.717) is 52.5 Å². The quantitative estimate of drug-likeness (QED) is 0.285. The molecule has 6 rings (SSSR count). The highest BCUT2D eigenvalue weighted by Gasteiger charge is 2.32. The highest BCUT2D eigenvalue weighted by atomic mass is 19.1. The predicted molar refractivity (Wildman–Crippen MR) is 140 cm³/mol. The van der Waals surface area contributed by atoms with E-state index in [9.17, 15) is 9.18 Å². The Kier molecular flexibility index (Phi) is 6.10. The fourth-order valence-electron chi connectivity index (χ4n) is 4.51. The van der Waals surface area contributed by atoms with Crippen LogP contribution in [0.3, 0.4) is 0 Å². The number of H-pyrrole nitrogens is 1. The first kappa shape index (κ1) is 23.5. The van der Waals surface area contributed by atoms with Crippen molar-refractivity contribution in [3.8, 4) is 11.3 Å². The second-order valence-electron chi connectivity index (χ2n) is 8.80. The number of benzene rings is 2. The third-order valence-electron chi connectivity index (χ3n) is 6.38. The van der Waals surface area contributed by atoms with Gasteiger partial charge in [0.1, 0.15) is 29.2 Å². The number of hydrogen-bond acceptors (Lipinski definition) is 7. The Morgan fingerprint density at radius 2 is 1.95 bits per heavy atom. The van der Waals surface area contributed by atoms with E-state index in [1.54, 1.807) is 31.6 Å². The third-order valence-corrected chi connectivity index (χ3v) is 6.38. The number of hydrogen-bond donors (Lipinski definition) is 3. The smallest absolute Gasteiger partial charge is 0.341 e. The summed E-state index contributed by atoms with van der Waals surface area (Å²) in [6.45, 7) is 2.16. The Balaban J connectivity index is 1.28. The zero-order valence-corrected chi connectivity index (χ0v) is 20.4. The zero-order valence-electron chi connectivity index (χ0n) is 20.4. The summed E-state index contributed by atoms with van der Waals surface area (Å²) in [5.41, 5.74) is 4.69. The zero-order chi connectivity index (χ0) is 26.1. The number of urea groups is 1. The van der Waals surface area contributed by atoms with Crippen LogP contribution in [0.1, 0.15) is 23.6 Å². The number of carbonyl (C=O) groups is 1. The van der Waals surface area contributed by atoms with E-state index in [1.165, 1.54) is 17.5 Å². The molecular formula is C27H23FN8O2. The monoisotopic (exact) mass is 510 g/mol. The van der Waals surface area contributed by atoms with E-state index in [4.69, 9.17) is 4.84 Å². The van der Waals surface area contributed by atoms with Crippen LogP contribution in [0, 0.1) is 12.7 Å². The predicted octanol–water partition coefficient (Wildman–Crippen LogP) is 5.52. The number of aryl methyl sites for hydroxylation is 1. The highest BCUT2D eigenvalue weighted by Crippen LogP contribution is 2.34. The van der Waals surface area contributed by atoms with Gasteiger partial charge in [-0.1, -0.05) is 30.3 Å². The normalized spacial score (nSPS) is 15.1. The lowest BCUT2D eigenvalue weighted by molar-refractivity contribution is -0.0830. The molecule has 4 heterocycles. The van der Waals surface area contributed by atoms with Crippen molar-refractivity contribution in [2.24, 2.45) is 0 Å². The molecule has 1 aliphatic heterocycles. The summed E-state index contributed by atoms with van der Waals surface area (Å²) in [6, 6.07) is 15.4. The maximum absolute atomic E-state index is 15.0. The molecule has 3 aromatic heterocycles. The molecule has 0 bridgehead atoms. The first-order valence-corrected chi connectivity index (χ1v) is 12.0. The molecule has 0 unspecified atom stereocenters. The van der Waals surface area contributed by atoms with Crippen LogP contribution in [0.25, 0.3) is 22.4 Å². The molecule has 2 aromatic carbocycles. The summed E-state index contributed by atoms with van der Waals surface area (Å²) >= 11 is 0. The number of carbonyl (C=O) groups excluding carboxylic acids is 1. The fraction of sp³-hybridized carbons (Fsp3) is 0.148. The van der Waals surface area contributed by atoms with E-state index in [-0.39, 0.29) is 11.7 Å². The standard InChI is InChI=1S/C27H23FN8O2/c1-16-12-19(28)21(35-27(37)36-22(9-11-38-36)17-6-3-2-4-7-17)13-20(16)34-25-18(8-5-10-29-25)23-24-26(32-14-30-23)33-15-31-24/h2-8,10,12-15,22H,9,11H2,1H3,(H,29,34)(H,35,37)(H,30,31,32,33)/t22-/m1/s1. The van der Waals surface area contributed by atoms with Gasteiger partial charge in [-0.25, -0.2) is 29.1 Å². The van der Waals surface area contributed by atoms with Crippen molar-refractivity contribution in [2.45, 2.75) is 19.4 Å². The molecule has 11 heteroatoms. The van der Waals surface area contributed by atoms with E-state index < -0.39 is 11.8 Å². The van der Waals surface area contributed by atoms with Crippen LogP contribution in [0.15, 0.2) is 73.4 Å². The summed E-state index contributed by atoms with van der Waals surface area (Å²) < 4.78 is 15.0. The van der Waals surface area contributed by atoms with Crippen molar-refractivity contribution in [1.29, 1.82) is 0 Å². The van der Waals surface area contributed by atoms with Crippen LogP contribution in [0.5, 0.6) is 0 Å². The number of aromatic nitrogens is 5. The topological polar surface area (TPSA) is 121 Å². The molecule has 1 saturated heterocycles. The number of aromatic amines is 1. The van der Waals surface area contributed by atoms with Gasteiger partial charge in [0.2, 0.25) is 0 Å². The lowest BCUT2D eigenvalue weighted by atomic mass is 10.1. The minimum absolute atomic E-state index is 0.0147. The minimum Gasteiger partial charge on any atom is -0.341 e. The number of hydroxylamine groups is 2. The molecule has 5 aromatic rings. The Hall–Kier alpha value is -4.90. The summed E-state index contributed by atoms with van der Waals surface area (Å²) in [5.74, 6) is -0.0610. The SMILES string of the molecule is Cc1cc(F)c(NC(=O)N2OCC[C@@H]2c2ccccc2)cc1Nc1ncccc1-c1ncnc2nc[nH]c12. The Morgan fingerprint density at radius 3 is 2.82 bits per heavy atom. The van der Waals surface area contributed by atoms with Crippen molar-refractivity contribution < 1.29 is 14.0 Å². The largest absolute Gasteiger partial charge is 0.346 e. The van der Waals surface area contributed by atoms with Gasteiger partial charge < -0.3 is 15.6 Å². The number of anilines is 3. The molecule has 3 N–H and O–H groups in total. The first-order valence-electron chi connectivity index (χ1n) is 12.0. The Labute approximate surface area is 216 Å². The van der Waals surface area contributed by atoms with Crippen LogP contribution in [-0.4, -0.2) is 42.6 Å². The van der Waals surface area contributed by atoms with Gasteiger partial charge in [0, 0.05) is 23.9 Å². The molecular weight excluding hydrogens is 487 g/mol. The van der Waals surface area contributed by atoms with Crippen molar-refractivity contribution in [3.63, 3.8) is 0 Å². The van der Waals surface area contributed by atoms with E-state index >= 15 is 0 Å². The second kappa shape index (κ2) is 9.87. The van der Waals surface area contributed by atoms with Crippen molar-refractivity contribution in [2.75, 3.05) is 17.2 Å². The minimum atomic E-state index is -0.562. The lowest BCUT2D eigenvalue weighted by Crippen LogP contribution is -2.33. The number of nitrogens with one attached hydrogen (secondary N) is 3. The molecule has 10 nitrogen and oxygen atoms in total. The van der Waals surface area contributed by atoms with Gasteiger partial charge in [-0.15, -0.1) is 0 Å². The number of imidazole rings is 1.